The van der Waals surface area contributed by atoms with Crippen molar-refractivity contribution < 1.29 is 14.4 Å². The molecule has 3 heterocycles. The minimum Gasteiger partial charge on any atom is -0.343 e. The molecule has 2 aliphatic rings. The van der Waals surface area contributed by atoms with Crippen molar-refractivity contribution in [2.75, 3.05) is 26.7 Å². The van der Waals surface area contributed by atoms with E-state index < -0.39 is 5.92 Å². The van der Waals surface area contributed by atoms with Crippen LogP contribution >= 0.6 is 11.6 Å². The molecule has 0 spiro atoms. The number of aromatic nitrogens is 2. The van der Waals surface area contributed by atoms with Gasteiger partial charge < -0.3 is 19.5 Å². The highest BCUT2D eigenvalue weighted by Crippen LogP contribution is 2.32. The molecule has 2 amide bonds. The Labute approximate surface area is 253 Å². The molecule has 1 fully saturated rings. The Morgan fingerprint density at radius 2 is 1.93 bits per heavy atom. The first-order valence-corrected chi connectivity index (χ1v) is 15.3. The number of aldehydes is 1. The minimum absolute atomic E-state index is 0.0113. The molecule has 42 heavy (non-hydrogen) atoms. The van der Waals surface area contributed by atoms with Gasteiger partial charge in [-0.2, -0.15) is 5.10 Å². The van der Waals surface area contributed by atoms with Gasteiger partial charge in [-0.1, -0.05) is 56.6 Å². The second-order valence-electron chi connectivity index (χ2n) is 13.3. The average molecular weight is 592 g/mol. The van der Waals surface area contributed by atoms with Crippen LogP contribution in [0.25, 0.3) is 10.9 Å². The highest BCUT2D eigenvalue weighted by Gasteiger charge is 2.33. The van der Waals surface area contributed by atoms with E-state index >= 15 is 0 Å². The van der Waals surface area contributed by atoms with Gasteiger partial charge in [0.05, 0.1) is 23.2 Å². The number of hydrogen-bond acceptors (Lipinski definition) is 5. The number of piperidine rings is 1. The predicted octanol–water partition coefficient (Wildman–Crippen LogP) is 5.02. The molecule has 224 valence electrons. The van der Waals surface area contributed by atoms with Gasteiger partial charge in [0, 0.05) is 56.5 Å². The van der Waals surface area contributed by atoms with E-state index in [0.29, 0.717) is 44.0 Å². The summed E-state index contributed by atoms with van der Waals surface area (Å²) in [6, 6.07) is 10.2. The summed E-state index contributed by atoms with van der Waals surface area (Å²) in [7, 11) is 2.09. The van der Waals surface area contributed by atoms with Crippen molar-refractivity contribution in [3.8, 4) is 0 Å². The van der Waals surface area contributed by atoms with Crippen LogP contribution in [0.1, 0.15) is 62.3 Å². The number of carbonyl (C=O) groups is 3. The summed E-state index contributed by atoms with van der Waals surface area (Å²) in [5.74, 6) is -0.304. The molecule has 1 aromatic heterocycles. The Morgan fingerprint density at radius 1 is 1.21 bits per heavy atom. The maximum atomic E-state index is 13.4. The lowest BCUT2D eigenvalue weighted by atomic mass is 9.90. The highest BCUT2D eigenvalue weighted by atomic mass is 35.5. The number of hydrogen-bond donors (Lipinski definition) is 1. The van der Waals surface area contributed by atoms with Gasteiger partial charge in [0.1, 0.15) is 6.29 Å². The van der Waals surface area contributed by atoms with E-state index in [1.807, 2.05) is 34.1 Å². The number of rotatable bonds is 9. The number of nitrogens with zero attached hydrogens (tertiary/aromatic N) is 4. The van der Waals surface area contributed by atoms with Gasteiger partial charge in [0.2, 0.25) is 11.8 Å². The quantitative estimate of drug-likeness (QED) is 0.353. The number of aromatic amines is 1. The van der Waals surface area contributed by atoms with Crippen molar-refractivity contribution in [2.45, 2.75) is 72.0 Å². The van der Waals surface area contributed by atoms with Crippen LogP contribution in [-0.2, 0) is 40.3 Å². The largest absolute Gasteiger partial charge is 0.343 e. The van der Waals surface area contributed by atoms with E-state index in [0.717, 1.165) is 53.3 Å². The predicted molar refractivity (Wildman–Crippen MR) is 165 cm³/mol. The van der Waals surface area contributed by atoms with Gasteiger partial charge in [-0.05, 0) is 60.0 Å². The summed E-state index contributed by atoms with van der Waals surface area (Å²) in [5.41, 5.74) is 5.31. The van der Waals surface area contributed by atoms with Gasteiger partial charge in [0.25, 0.3) is 0 Å². The van der Waals surface area contributed by atoms with E-state index in [9.17, 15) is 14.4 Å². The second kappa shape index (κ2) is 12.6. The van der Waals surface area contributed by atoms with Gasteiger partial charge in [-0.25, -0.2) is 0 Å². The first-order valence-electron chi connectivity index (χ1n) is 14.9. The second-order valence-corrected chi connectivity index (χ2v) is 13.7. The number of carbonyl (C=O) groups excluding carboxylic acids is 3. The van der Waals surface area contributed by atoms with Crippen molar-refractivity contribution in [1.29, 1.82) is 0 Å². The van der Waals surface area contributed by atoms with Crippen molar-refractivity contribution in [1.82, 2.24) is 24.9 Å². The summed E-state index contributed by atoms with van der Waals surface area (Å²) in [6.45, 7) is 10.0. The third kappa shape index (κ3) is 6.87. The first-order chi connectivity index (χ1) is 20.0. The molecule has 0 saturated carbocycles. The van der Waals surface area contributed by atoms with Gasteiger partial charge in [-0.15, -0.1) is 0 Å². The molecule has 0 unspecified atom stereocenters. The number of halogens is 1. The van der Waals surface area contributed by atoms with Crippen LogP contribution in [0.3, 0.4) is 0 Å². The molecule has 1 atom stereocenters. The Bertz CT molecular complexity index is 1450. The standard InChI is InChI=1S/C33H42ClN5O3/c1-33(2,3)21-37(4)19-28-25(15-29(34)32-27(28)17-35-36-32)13-22(20-40)14-30(41)38-11-9-26(10-12-38)39-18-24-8-6-5-7-23(24)16-31(39)42/h5-8,15,17,20,22,26H,9-14,16,18-19,21H2,1-4H3,(H,35,36)/t22-/m0/s1. The van der Waals surface area contributed by atoms with Crippen LogP contribution in [0.2, 0.25) is 5.02 Å². The molecular weight excluding hydrogens is 550 g/mol. The number of likely N-dealkylation sites (tertiary alicyclic amines) is 1. The molecule has 9 heteroatoms. The number of benzene rings is 2. The molecule has 0 bridgehead atoms. The molecule has 1 N–H and O–H groups in total. The van der Waals surface area contributed by atoms with Crippen molar-refractivity contribution >= 4 is 40.6 Å². The molecule has 3 aromatic rings. The van der Waals surface area contributed by atoms with E-state index in [1.165, 1.54) is 5.56 Å². The lowest BCUT2D eigenvalue weighted by molar-refractivity contribution is -0.138. The molecule has 1 saturated heterocycles. The molecule has 5 rings (SSSR count). The van der Waals surface area contributed by atoms with Crippen molar-refractivity contribution in [3.05, 3.63) is 63.8 Å². The lowest BCUT2D eigenvalue weighted by Crippen LogP contribution is -2.50. The summed E-state index contributed by atoms with van der Waals surface area (Å²) >= 11 is 6.61. The van der Waals surface area contributed by atoms with Gasteiger partial charge >= 0.3 is 0 Å². The molecule has 2 aromatic carbocycles. The van der Waals surface area contributed by atoms with E-state index in [-0.39, 0.29) is 29.7 Å². The molecule has 0 aliphatic carbocycles. The van der Waals surface area contributed by atoms with Crippen molar-refractivity contribution in [2.24, 2.45) is 11.3 Å². The molecule has 2 aliphatic heterocycles. The van der Waals surface area contributed by atoms with Crippen LogP contribution < -0.4 is 0 Å². The Hall–Kier alpha value is -3.23. The van der Waals surface area contributed by atoms with E-state index in [2.05, 4.69) is 49.0 Å². The Balaban J connectivity index is 1.23. The van der Waals surface area contributed by atoms with Crippen LogP contribution in [0.5, 0.6) is 0 Å². The zero-order valence-electron chi connectivity index (χ0n) is 25.2. The lowest BCUT2D eigenvalue weighted by Gasteiger charge is -2.40. The fraction of sp³-hybridized carbons (Fsp3) is 0.515. The maximum absolute atomic E-state index is 13.4. The van der Waals surface area contributed by atoms with Crippen LogP contribution in [0, 0.1) is 11.3 Å². The molecule has 0 radical (unpaired) electrons. The number of H-pyrrole nitrogens is 1. The fourth-order valence-electron chi connectivity index (χ4n) is 6.67. The van der Waals surface area contributed by atoms with E-state index in [1.54, 1.807) is 6.20 Å². The normalized spacial score (nSPS) is 17.1. The van der Waals surface area contributed by atoms with E-state index in [4.69, 9.17) is 11.6 Å². The first kappa shape index (κ1) is 30.2. The van der Waals surface area contributed by atoms with Crippen LogP contribution in [-0.4, -0.2) is 75.7 Å². The number of fused-ring (bicyclic) bond motifs is 2. The van der Waals surface area contributed by atoms with Crippen LogP contribution in [0.15, 0.2) is 36.5 Å². The van der Waals surface area contributed by atoms with Crippen molar-refractivity contribution in [3.63, 3.8) is 0 Å². The maximum Gasteiger partial charge on any atom is 0.227 e. The summed E-state index contributed by atoms with van der Waals surface area (Å²) in [4.78, 5) is 44.6. The van der Waals surface area contributed by atoms with Gasteiger partial charge in [-0.3, -0.25) is 14.7 Å². The fourth-order valence-corrected chi connectivity index (χ4v) is 6.95. The zero-order chi connectivity index (χ0) is 30.0. The Kier molecular flexibility index (Phi) is 9.04. The Morgan fingerprint density at radius 3 is 2.62 bits per heavy atom. The number of nitrogens with one attached hydrogen (secondary N) is 1. The van der Waals surface area contributed by atoms with Gasteiger partial charge in [0.15, 0.2) is 0 Å². The third-order valence-corrected chi connectivity index (χ3v) is 8.85. The SMILES string of the molecule is CN(Cc1c(C[C@H](C=O)CC(=O)N2CCC(N3Cc4ccccc4CC3=O)CC2)cc(Cl)c2[nH]ncc12)CC(C)(C)C. The van der Waals surface area contributed by atoms with Crippen LogP contribution in [0.4, 0.5) is 0 Å². The molecule has 8 nitrogen and oxygen atoms in total. The summed E-state index contributed by atoms with van der Waals surface area (Å²) in [6.07, 6.45) is 5.24. The minimum atomic E-state index is -0.456. The monoisotopic (exact) mass is 591 g/mol. The summed E-state index contributed by atoms with van der Waals surface area (Å²) in [5, 5.41) is 8.74. The smallest absolute Gasteiger partial charge is 0.227 e. The zero-order valence-corrected chi connectivity index (χ0v) is 25.9. The average Bonchev–Trinajstić information content (AvgIpc) is 3.44. The topological polar surface area (TPSA) is 89.6 Å². The third-order valence-electron chi connectivity index (χ3n) is 8.55. The molecular formula is C33H42ClN5O3. The highest BCUT2D eigenvalue weighted by molar-refractivity contribution is 6.35. The number of amides is 2. The summed E-state index contributed by atoms with van der Waals surface area (Å²) < 4.78 is 0.